The maximum atomic E-state index is 12.4. The molecule has 0 bridgehead atoms. The lowest BCUT2D eigenvalue weighted by atomic mass is 10.1. The van der Waals surface area contributed by atoms with E-state index in [0.29, 0.717) is 5.56 Å². The van der Waals surface area contributed by atoms with Gasteiger partial charge >= 0.3 is 0 Å². The number of carboxylic acids is 1. The summed E-state index contributed by atoms with van der Waals surface area (Å²) in [6.45, 7) is 3.67. The van der Waals surface area contributed by atoms with Gasteiger partial charge < -0.3 is 9.90 Å². The van der Waals surface area contributed by atoms with Crippen LogP contribution in [0.5, 0.6) is 0 Å². The largest absolute Gasteiger partial charge is 0.548 e. The van der Waals surface area contributed by atoms with Gasteiger partial charge in [0.15, 0.2) is 0 Å². The quantitative estimate of drug-likeness (QED) is 0.853. The molecule has 0 aliphatic heterocycles. The van der Waals surface area contributed by atoms with Crippen LogP contribution in [0.25, 0.3) is 0 Å². The first-order valence-electron chi connectivity index (χ1n) is 7.14. The Kier molecular flexibility index (Phi) is 5.18. The SMILES string of the molecule is Cc1ccc(S(=O)(=O)N[C@@H](Cc2ccccc2)C(=O)[O-])cc1C. The molecule has 1 atom stereocenters. The van der Waals surface area contributed by atoms with E-state index in [0.717, 1.165) is 11.1 Å². The van der Waals surface area contributed by atoms with Gasteiger partial charge in [0.2, 0.25) is 10.0 Å². The third-order valence-electron chi connectivity index (χ3n) is 3.65. The average Bonchev–Trinajstić information content (AvgIpc) is 2.50. The van der Waals surface area contributed by atoms with Gasteiger partial charge in [0.05, 0.1) is 16.9 Å². The van der Waals surface area contributed by atoms with Gasteiger partial charge in [-0.2, -0.15) is 0 Å². The molecule has 0 aliphatic carbocycles. The summed E-state index contributed by atoms with van der Waals surface area (Å²) in [5, 5.41) is 11.3. The summed E-state index contributed by atoms with van der Waals surface area (Å²) in [5.41, 5.74) is 2.50. The standard InChI is InChI=1S/C17H19NO4S/c1-12-8-9-15(10-13(12)2)23(21,22)18-16(17(19)20)11-14-6-4-3-5-7-14/h3-10,16,18H,11H2,1-2H3,(H,19,20)/p-1/t16-/m0/s1. The van der Waals surface area contributed by atoms with Crippen LogP contribution in [0.2, 0.25) is 0 Å². The molecule has 5 nitrogen and oxygen atoms in total. The van der Waals surface area contributed by atoms with Crippen LogP contribution < -0.4 is 9.83 Å². The zero-order valence-electron chi connectivity index (χ0n) is 12.9. The highest BCUT2D eigenvalue weighted by Gasteiger charge is 2.21. The fraction of sp³-hybridized carbons (Fsp3) is 0.235. The third kappa shape index (κ3) is 4.40. The van der Waals surface area contributed by atoms with Crippen molar-refractivity contribution in [2.24, 2.45) is 0 Å². The third-order valence-corrected chi connectivity index (χ3v) is 5.12. The van der Waals surface area contributed by atoms with E-state index in [1.54, 1.807) is 43.3 Å². The maximum Gasteiger partial charge on any atom is 0.241 e. The van der Waals surface area contributed by atoms with Gasteiger partial charge in [-0.1, -0.05) is 36.4 Å². The van der Waals surface area contributed by atoms with Crippen LogP contribution in [-0.4, -0.2) is 20.4 Å². The first-order valence-corrected chi connectivity index (χ1v) is 8.62. The van der Waals surface area contributed by atoms with Gasteiger partial charge in [0.1, 0.15) is 0 Å². The molecule has 0 saturated heterocycles. The Morgan fingerprint density at radius 2 is 1.74 bits per heavy atom. The summed E-state index contributed by atoms with van der Waals surface area (Å²) in [6, 6.07) is 12.1. The zero-order chi connectivity index (χ0) is 17.0. The highest BCUT2D eigenvalue weighted by atomic mass is 32.2. The highest BCUT2D eigenvalue weighted by Crippen LogP contribution is 2.15. The van der Waals surface area contributed by atoms with Gasteiger partial charge in [-0.3, -0.25) is 0 Å². The molecular weight excluding hydrogens is 314 g/mol. The molecule has 0 spiro atoms. The fourth-order valence-electron chi connectivity index (χ4n) is 2.16. The number of hydrogen-bond acceptors (Lipinski definition) is 4. The van der Waals surface area contributed by atoms with Gasteiger partial charge in [-0.15, -0.1) is 0 Å². The molecule has 6 heteroatoms. The molecular formula is C17H18NO4S-. The zero-order valence-corrected chi connectivity index (χ0v) is 13.8. The Morgan fingerprint density at radius 3 is 2.30 bits per heavy atom. The molecule has 2 aromatic carbocycles. The van der Waals surface area contributed by atoms with Crippen LogP contribution in [-0.2, 0) is 21.2 Å². The molecule has 0 heterocycles. The molecule has 2 aromatic rings. The van der Waals surface area contributed by atoms with E-state index in [1.807, 2.05) is 6.92 Å². The van der Waals surface area contributed by atoms with Gasteiger partial charge in [0, 0.05) is 0 Å². The second kappa shape index (κ2) is 6.93. The van der Waals surface area contributed by atoms with Gasteiger partial charge in [0.25, 0.3) is 0 Å². The van der Waals surface area contributed by atoms with Crippen LogP contribution in [0, 0.1) is 13.8 Å². The number of carbonyl (C=O) groups is 1. The Bertz CT molecular complexity index is 801. The lowest BCUT2D eigenvalue weighted by Crippen LogP contribution is -2.49. The number of aliphatic carboxylic acids is 1. The van der Waals surface area contributed by atoms with Crippen molar-refractivity contribution >= 4 is 16.0 Å². The maximum absolute atomic E-state index is 12.4. The Morgan fingerprint density at radius 1 is 1.09 bits per heavy atom. The molecule has 0 fully saturated rings. The predicted octanol–water partition coefficient (Wildman–Crippen LogP) is 0.943. The number of hydrogen-bond donors (Lipinski definition) is 1. The molecule has 2 rings (SSSR count). The van der Waals surface area contributed by atoms with Crippen LogP contribution in [0.15, 0.2) is 53.4 Å². The van der Waals surface area contributed by atoms with E-state index in [1.165, 1.54) is 12.1 Å². The lowest BCUT2D eigenvalue weighted by Gasteiger charge is -2.20. The summed E-state index contributed by atoms with van der Waals surface area (Å²) in [6.07, 6.45) is 0.0211. The highest BCUT2D eigenvalue weighted by molar-refractivity contribution is 7.89. The molecule has 1 N–H and O–H groups in total. The Balaban J connectivity index is 2.24. The van der Waals surface area contributed by atoms with Crippen LogP contribution in [0.3, 0.4) is 0 Å². The number of benzene rings is 2. The normalized spacial score (nSPS) is 12.8. The first kappa shape index (κ1) is 17.2. The van der Waals surface area contributed by atoms with Crippen molar-refractivity contribution in [2.45, 2.75) is 31.2 Å². The summed E-state index contributed by atoms with van der Waals surface area (Å²) < 4.78 is 27.0. The summed E-state index contributed by atoms with van der Waals surface area (Å²) in [4.78, 5) is 11.3. The van der Waals surface area contributed by atoms with E-state index >= 15 is 0 Å². The Hall–Kier alpha value is -2.18. The van der Waals surface area contributed by atoms with Crippen molar-refractivity contribution in [3.05, 3.63) is 65.2 Å². The first-order chi connectivity index (χ1) is 10.8. The van der Waals surface area contributed by atoms with Gasteiger partial charge in [-0.05, 0) is 49.1 Å². The number of rotatable bonds is 6. The van der Waals surface area contributed by atoms with E-state index in [9.17, 15) is 18.3 Å². The van der Waals surface area contributed by atoms with Crippen LogP contribution >= 0.6 is 0 Å². The number of carboxylic acid groups (broad SMARTS) is 1. The summed E-state index contributed by atoms with van der Waals surface area (Å²) in [7, 11) is -3.93. The number of aryl methyl sites for hydroxylation is 2. The topological polar surface area (TPSA) is 86.3 Å². The van der Waals surface area contributed by atoms with Crippen molar-refractivity contribution in [2.75, 3.05) is 0 Å². The molecule has 0 aromatic heterocycles. The minimum atomic E-state index is -3.93. The lowest BCUT2D eigenvalue weighted by molar-refractivity contribution is -0.307. The summed E-state index contributed by atoms with van der Waals surface area (Å²) >= 11 is 0. The van der Waals surface area contributed by atoms with E-state index < -0.39 is 22.0 Å². The molecule has 0 amide bonds. The minimum Gasteiger partial charge on any atom is -0.548 e. The van der Waals surface area contributed by atoms with Crippen LogP contribution in [0.4, 0.5) is 0 Å². The number of nitrogens with one attached hydrogen (secondary N) is 1. The molecule has 0 unspecified atom stereocenters. The van der Waals surface area contributed by atoms with E-state index in [-0.39, 0.29) is 11.3 Å². The second-order valence-corrected chi connectivity index (χ2v) is 7.14. The predicted molar refractivity (Wildman–Crippen MR) is 85.2 cm³/mol. The fourth-order valence-corrected chi connectivity index (χ4v) is 3.43. The van der Waals surface area contributed by atoms with E-state index in [4.69, 9.17) is 0 Å². The van der Waals surface area contributed by atoms with Crippen molar-refractivity contribution in [1.82, 2.24) is 4.72 Å². The molecule has 0 radical (unpaired) electrons. The van der Waals surface area contributed by atoms with E-state index in [2.05, 4.69) is 4.72 Å². The average molecular weight is 332 g/mol. The van der Waals surface area contributed by atoms with Crippen molar-refractivity contribution in [3.63, 3.8) is 0 Å². The van der Waals surface area contributed by atoms with Gasteiger partial charge in [-0.25, -0.2) is 13.1 Å². The monoisotopic (exact) mass is 332 g/mol. The van der Waals surface area contributed by atoms with Crippen LogP contribution in [0.1, 0.15) is 16.7 Å². The van der Waals surface area contributed by atoms with Crippen molar-refractivity contribution in [1.29, 1.82) is 0 Å². The molecule has 0 aliphatic rings. The smallest absolute Gasteiger partial charge is 0.241 e. The van der Waals surface area contributed by atoms with Crippen molar-refractivity contribution < 1.29 is 18.3 Å². The molecule has 122 valence electrons. The number of carbonyl (C=O) groups excluding carboxylic acids is 1. The van der Waals surface area contributed by atoms with Crippen molar-refractivity contribution in [3.8, 4) is 0 Å². The Labute approximate surface area is 136 Å². The summed E-state index contributed by atoms with van der Waals surface area (Å²) in [5.74, 6) is -1.46. The molecule has 0 saturated carbocycles. The minimum absolute atomic E-state index is 0.0211. The second-order valence-electron chi connectivity index (χ2n) is 5.43. The number of sulfonamides is 1. The molecule has 23 heavy (non-hydrogen) atoms.